The van der Waals surface area contributed by atoms with Crippen LogP contribution in [0.4, 0.5) is 8.78 Å². The van der Waals surface area contributed by atoms with Crippen LogP contribution in [-0.2, 0) is 6.42 Å². The van der Waals surface area contributed by atoms with Crippen molar-refractivity contribution in [3.05, 3.63) is 47.3 Å². The van der Waals surface area contributed by atoms with Crippen molar-refractivity contribution in [1.82, 2.24) is 20.7 Å². The summed E-state index contributed by atoms with van der Waals surface area (Å²) < 4.78 is 26.4. The fraction of sp³-hybridized carbons (Fsp3) is 0.385. The molecular weight excluding hydrogens is 250 g/mol. The van der Waals surface area contributed by atoms with Gasteiger partial charge in [0.2, 0.25) is 0 Å². The largest absolute Gasteiger partial charge is 0.308 e. The quantitative estimate of drug-likeness (QED) is 0.844. The van der Waals surface area contributed by atoms with E-state index < -0.39 is 11.6 Å². The van der Waals surface area contributed by atoms with Crippen LogP contribution in [0.5, 0.6) is 0 Å². The van der Waals surface area contributed by atoms with Gasteiger partial charge in [-0.05, 0) is 37.1 Å². The predicted octanol–water partition coefficient (Wildman–Crippen LogP) is 2.37. The van der Waals surface area contributed by atoms with Crippen LogP contribution in [0.3, 0.4) is 0 Å². The maximum absolute atomic E-state index is 13.2. The first-order valence-corrected chi connectivity index (χ1v) is 6.23. The van der Waals surface area contributed by atoms with Crippen LogP contribution in [0.15, 0.2) is 24.4 Å². The van der Waals surface area contributed by atoms with Gasteiger partial charge in [-0.3, -0.25) is 0 Å². The molecule has 19 heavy (non-hydrogen) atoms. The maximum Gasteiger partial charge on any atom is 0.126 e. The number of aromatic nitrogens is 3. The molecule has 2 rings (SSSR count). The number of nitrogens with zero attached hydrogens (tertiary/aromatic N) is 2. The van der Waals surface area contributed by atoms with E-state index in [0.717, 1.165) is 24.7 Å². The fourth-order valence-electron chi connectivity index (χ4n) is 1.94. The first-order chi connectivity index (χ1) is 9.19. The Kier molecular flexibility index (Phi) is 4.57. The second-order valence-electron chi connectivity index (χ2n) is 4.38. The number of aromatic amines is 1. The second-order valence-corrected chi connectivity index (χ2v) is 4.38. The van der Waals surface area contributed by atoms with Crippen molar-refractivity contribution in [2.24, 2.45) is 0 Å². The zero-order valence-corrected chi connectivity index (χ0v) is 10.7. The molecule has 1 aromatic carbocycles. The summed E-state index contributed by atoms with van der Waals surface area (Å²) in [5.41, 5.74) is 1.33. The molecule has 0 aliphatic carbocycles. The van der Waals surface area contributed by atoms with Crippen LogP contribution in [-0.4, -0.2) is 22.0 Å². The number of rotatable bonds is 6. The Morgan fingerprint density at radius 3 is 2.58 bits per heavy atom. The monoisotopic (exact) mass is 266 g/mol. The molecule has 0 saturated carbocycles. The number of H-pyrrole nitrogens is 1. The topological polar surface area (TPSA) is 53.6 Å². The summed E-state index contributed by atoms with van der Waals surface area (Å²) in [5, 5.41) is 13.6. The lowest BCUT2D eigenvalue weighted by Crippen LogP contribution is -2.24. The number of hydrogen-bond acceptors (Lipinski definition) is 3. The summed E-state index contributed by atoms with van der Waals surface area (Å²) in [6.45, 7) is 2.85. The van der Waals surface area contributed by atoms with E-state index in [1.165, 1.54) is 12.1 Å². The average Bonchev–Trinajstić information content (AvgIpc) is 2.87. The van der Waals surface area contributed by atoms with Gasteiger partial charge in [-0.25, -0.2) is 8.78 Å². The Labute approximate surface area is 110 Å². The first-order valence-electron chi connectivity index (χ1n) is 6.23. The van der Waals surface area contributed by atoms with E-state index in [0.29, 0.717) is 12.0 Å². The van der Waals surface area contributed by atoms with Crippen molar-refractivity contribution < 1.29 is 8.78 Å². The first kappa shape index (κ1) is 13.6. The Bertz CT molecular complexity index is 493. The van der Waals surface area contributed by atoms with Gasteiger partial charge in [0.15, 0.2) is 0 Å². The van der Waals surface area contributed by atoms with Crippen LogP contribution >= 0.6 is 0 Å². The van der Waals surface area contributed by atoms with Gasteiger partial charge in [0, 0.05) is 6.07 Å². The molecule has 0 fully saturated rings. The lowest BCUT2D eigenvalue weighted by Gasteiger charge is -2.16. The highest BCUT2D eigenvalue weighted by Gasteiger charge is 2.15. The van der Waals surface area contributed by atoms with Gasteiger partial charge in [-0.1, -0.05) is 6.92 Å². The van der Waals surface area contributed by atoms with E-state index in [1.54, 1.807) is 6.20 Å². The van der Waals surface area contributed by atoms with E-state index in [2.05, 4.69) is 27.7 Å². The molecule has 0 aliphatic heterocycles. The molecule has 102 valence electrons. The van der Waals surface area contributed by atoms with E-state index in [4.69, 9.17) is 0 Å². The Morgan fingerprint density at radius 2 is 2.00 bits per heavy atom. The normalized spacial score (nSPS) is 12.6. The van der Waals surface area contributed by atoms with Crippen molar-refractivity contribution in [2.75, 3.05) is 6.54 Å². The van der Waals surface area contributed by atoms with E-state index in [-0.39, 0.29) is 6.04 Å². The average molecular weight is 266 g/mol. The van der Waals surface area contributed by atoms with E-state index >= 15 is 0 Å². The summed E-state index contributed by atoms with van der Waals surface area (Å²) in [4.78, 5) is 0. The lowest BCUT2D eigenvalue weighted by molar-refractivity contribution is 0.511. The van der Waals surface area contributed by atoms with Crippen molar-refractivity contribution in [3.63, 3.8) is 0 Å². The summed E-state index contributed by atoms with van der Waals surface area (Å²) in [6, 6.07) is 3.43. The van der Waals surface area contributed by atoms with Gasteiger partial charge < -0.3 is 5.32 Å². The van der Waals surface area contributed by atoms with Gasteiger partial charge in [-0.2, -0.15) is 15.4 Å². The van der Waals surface area contributed by atoms with Gasteiger partial charge in [-0.15, -0.1) is 0 Å². The Hall–Kier alpha value is -1.82. The molecule has 0 amide bonds. The van der Waals surface area contributed by atoms with Gasteiger partial charge in [0.1, 0.15) is 11.6 Å². The van der Waals surface area contributed by atoms with Crippen LogP contribution in [0.25, 0.3) is 0 Å². The van der Waals surface area contributed by atoms with Crippen molar-refractivity contribution in [3.8, 4) is 0 Å². The summed E-state index contributed by atoms with van der Waals surface area (Å²) >= 11 is 0. The number of hydrogen-bond donors (Lipinski definition) is 2. The number of nitrogens with one attached hydrogen (secondary N) is 2. The smallest absolute Gasteiger partial charge is 0.126 e. The molecule has 1 atom stereocenters. The molecule has 1 heterocycles. The van der Waals surface area contributed by atoms with E-state index in [9.17, 15) is 8.78 Å². The number of benzene rings is 1. The standard InChI is InChI=1S/C13H16F2N4/c1-2-3-16-12(13-8-17-19-18-13)6-9-4-10(14)7-11(15)5-9/h4-5,7-8,12,16H,2-3,6H2,1H3,(H,17,18,19). The highest BCUT2D eigenvalue weighted by Crippen LogP contribution is 2.17. The minimum Gasteiger partial charge on any atom is -0.308 e. The molecule has 2 aromatic rings. The highest BCUT2D eigenvalue weighted by atomic mass is 19.1. The third-order valence-corrected chi connectivity index (χ3v) is 2.79. The molecule has 4 nitrogen and oxygen atoms in total. The minimum absolute atomic E-state index is 0.111. The van der Waals surface area contributed by atoms with Crippen molar-refractivity contribution in [1.29, 1.82) is 0 Å². The molecule has 6 heteroatoms. The zero-order valence-electron chi connectivity index (χ0n) is 10.7. The molecular formula is C13H16F2N4. The van der Waals surface area contributed by atoms with Gasteiger partial charge >= 0.3 is 0 Å². The molecule has 0 radical (unpaired) electrons. The predicted molar refractivity (Wildman–Crippen MR) is 67.5 cm³/mol. The zero-order chi connectivity index (χ0) is 13.7. The molecule has 1 unspecified atom stereocenters. The molecule has 2 N–H and O–H groups in total. The molecule has 0 aliphatic rings. The molecule has 0 bridgehead atoms. The third kappa shape index (κ3) is 3.82. The van der Waals surface area contributed by atoms with Gasteiger partial charge in [0.25, 0.3) is 0 Å². The summed E-state index contributed by atoms with van der Waals surface area (Å²) in [5.74, 6) is -1.13. The summed E-state index contributed by atoms with van der Waals surface area (Å²) in [6.07, 6.45) is 3.04. The van der Waals surface area contributed by atoms with Crippen LogP contribution in [0.2, 0.25) is 0 Å². The van der Waals surface area contributed by atoms with E-state index in [1.807, 2.05) is 0 Å². The Morgan fingerprint density at radius 1 is 1.26 bits per heavy atom. The molecule has 0 saturated heterocycles. The minimum atomic E-state index is -0.565. The SMILES string of the molecule is CCCNC(Cc1cc(F)cc(F)c1)c1cn[nH]n1. The second kappa shape index (κ2) is 6.38. The van der Waals surface area contributed by atoms with Crippen molar-refractivity contribution >= 4 is 0 Å². The fourth-order valence-corrected chi connectivity index (χ4v) is 1.94. The summed E-state index contributed by atoms with van der Waals surface area (Å²) in [7, 11) is 0. The molecule has 0 spiro atoms. The van der Waals surface area contributed by atoms with Crippen LogP contribution in [0, 0.1) is 11.6 Å². The van der Waals surface area contributed by atoms with Crippen LogP contribution in [0.1, 0.15) is 30.6 Å². The molecule has 1 aromatic heterocycles. The van der Waals surface area contributed by atoms with Gasteiger partial charge in [0.05, 0.1) is 17.9 Å². The lowest BCUT2D eigenvalue weighted by atomic mass is 10.0. The number of halogens is 2. The maximum atomic E-state index is 13.2. The third-order valence-electron chi connectivity index (χ3n) is 2.79. The Balaban J connectivity index is 2.15. The van der Waals surface area contributed by atoms with Crippen LogP contribution < -0.4 is 5.32 Å². The van der Waals surface area contributed by atoms with Crippen molar-refractivity contribution in [2.45, 2.75) is 25.8 Å². The highest BCUT2D eigenvalue weighted by molar-refractivity contribution is 5.20.